The zero-order valence-electron chi connectivity index (χ0n) is 6.23. The van der Waals surface area contributed by atoms with Crippen molar-refractivity contribution in [2.75, 3.05) is 26.3 Å². The van der Waals surface area contributed by atoms with Crippen LogP contribution in [0.4, 0.5) is 13.2 Å². The molecule has 1 rings (SSSR count). The van der Waals surface area contributed by atoms with Gasteiger partial charge in [-0.1, -0.05) is 12.2 Å². The van der Waals surface area contributed by atoms with E-state index in [0.29, 0.717) is 13.2 Å². The van der Waals surface area contributed by atoms with Crippen molar-refractivity contribution in [3.05, 3.63) is 0 Å². The summed E-state index contributed by atoms with van der Waals surface area (Å²) in [7, 11) is 0. The monoisotopic (exact) mass is 199 g/mol. The van der Waals surface area contributed by atoms with Crippen molar-refractivity contribution in [1.82, 2.24) is 4.90 Å². The normalized spacial score (nSPS) is 19.4. The van der Waals surface area contributed by atoms with Gasteiger partial charge in [0.05, 0.1) is 13.2 Å². The quantitative estimate of drug-likeness (QED) is 0.544. The van der Waals surface area contributed by atoms with Crippen LogP contribution in [0, 0.1) is 0 Å². The standard InChI is InChI=1S/C6H8F3NOS/c7-6(8,9)5(12)10-1-3-11-4-2-10/h1-4H2. The summed E-state index contributed by atoms with van der Waals surface area (Å²) in [5, 5.41) is 0. The molecule has 2 nitrogen and oxygen atoms in total. The first-order chi connectivity index (χ1) is 5.52. The first-order valence-electron chi connectivity index (χ1n) is 3.45. The molecule has 0 spiro atoms. The van der Waals surface area contributed by atoms with E-state index in [9.17, 15) is 13.2 Å². The second kappa shape index (κ2) is 3.57. The number of hydrogen-bond acceptors (Lipinski definition) is 2. The van der Waals surface area contributed by atoms with Gasteiger partial charge in [-0.3, -0.25) is 0 Å². The van der Waals surface area contributed by atoms with Gasteiger partial charge < -0.3 is 9.64 Å². The fourth-order valence-corrected chi connectivity index (χ4v) is 1.13. The molecule has 1 aliphatic rings. The van der Waals surface area contributed by atoms with E-state index in [1.807, 2.05) is 0 Å². The number of ether oxygens (including phenoxy) is 1. The highest BCUT2D eigenvalue weighted by molar-refractivity contribution is 7.80. The van der Waals surface area contributed by atoms with E-state index < -0.39 is 11.2 Å². The van der Waals surface area contributed by atoms with Crippen LogP contribution in [-0.2, 0) is 4.74 Å². The Morgan fingerprint density at radius 1 is 1.25 bits per heavy atom. The predicted octanol–water partition coefficient (Wildman–Crippen LogP) is 1.21. The minimum Gasteiger partial charge on any atom is -0.378 e. The molecule has 0 atom stereocenters. The number of hydrogen-bond donors (Lipinski definition) is 0. The Morgan fingerprint density at radius 3 is 2.17 bits per heavy atom. The lowest BCUT2D eigenvalue weighted by Crippen LogP contribution is -2.45. The Kier molecular flexibility index (Phi) is 2.89. The molecule has 0 bridgehead atoms. The van der Waals surface area contributed by atoms with Crippen molar-refractivity contribution in [2.24, 2.45) is 0 Å². The molecule has 0 unspecified atom stereocenters. The Morgan fingerprint density at radius 2 is 1.75 bits per heavy atom. The van der Waals surface area contributed by atoms with Gasteiger partial charge in [-0.15, -0.1) is 0 Å². The van der Waals surface area contributed by atoms with Crippen molar-refractivity contribution in [3.63, 3.8) is 0 Å². The first-order valence-corrected chi connectivity index (χ1v) is 3.86. The maximum atomic E-state index is 12.0. The van der Waals surface area contributed by atoms with Crippen LogP contribution < -0.4 is 0 Å². The van der Waals surface area contributed by atoms with Gasteiger partial charge in [0, 0.05) is 13.1 Å². The lowest BCUT2D eigenvalue weighted by molar-refractivity contribution is -0.0699. The summed E-state index contributed by atoms with van der Waals surface area (Å²) in [5.74, 6) is 0. The molecule has 0 N–H and O–H groups in total. The molecule has 1 heterocycles. The number of halogens is 3. The summed E-state index contributed by atoms with van der Waals surface area (Å²) >= 11 is 4.26. The molecule has 0 aliphatic carbocycles. The van der Waals surface area contributed by atoms with Gasteiger partial charge >= 0.3 is 6.18 Å². The Bertz CT molecular complexity index is 176. The molecular formula is C6H8F3NOS. The minimum atomic E-state index is -4.38. The van der Waals surface area contributed by atoms with Gasteiger partial charge in [-0.05, 0) is 0 Å². The topological polar surface area (TPSA) is 12.5 Å². The molecule has 0 aromatic heterocycles. The molecule has 0 amide bonds. The van der Waals surface area contributed by atoms with Crippen molar-refractivity contribution < 1.29 is 17.9 Å². The lowest BCUT2D eigenvalue weighted by atomic mass is 10.4. The first kappa shape index (κ1) is 9.73. The molecule has 6 heteroatoms. The van der Waals surface area contributed by atoms with Crippen LogP contribution in [0.2, 0.25) is 0 Å². The van der Waals surface area contributed by atoms with Gasteiger partial charge in [-0.25, -0.2) is 0 Å². The summed E-state index contributed by atoms with van der Waals surface area (Å²) in [6.45, 7) is 1.10. The zero-order valence-corrected chi connectivity index (χ0v) is 7.04. The molecule has 0 aromatic carbocycles. The highest BCUT2D eigenvalue weighted by Gasteiger charge is 2.38. The molecule has 1 fully saturated rings. The number of morpholine rings is 1. The Hall–Kier alpha value is -0.360. The summed E-state index contributed by atoms with van der Waals surface area (Å²) in [4.78, 5) is 0.185. The maximum absolute atomic E-state index is 12.0. The minimum absolute atomic E-state index is 0.234. The Labute approximate surface area is 73.3 Å². The molecule has 12 heavy (non-hydrogen) atoms. The summed E-state index contributed by atoms with van der Waals surface area (Å²) in [6, 6.07) is 0. The molecule has 70 valence electrons. The lowest BCUT2D eigenvalue weighted by Gasteiger charge is -2.29. The average molecular weight is 199 g/mol. The number of thiocarbonyl (C=S) groups is 1. The van der Waals surface area contributed by atoms with Crippen LogP contribution >= 0.6 is 12.2 Å². The van der Waals surface area contributed by atoms with E-state index in [1.54, 1.807) is 0 Å². The van der Waals surface area contributed by atoms with E-state index in [-0.39, 0.29) is 13.1 Å². The second-order valence-electron chi connectivity index (χ2n) is 2.40. The summed E-state index contributed by atoms with van der Waals surface area (Å²) < 4.78 is 40.9. The number of alkyl halides is 3. The van der Waals surface area contributed by atoms with E-state index in [2.05, 4.69) is 12.2 Å². The van der Waals surface area contributed by atoms with Crippen molar-refractivity contribution in [2.45, 2.75) is 6.18 Å². The third-order valence-corrected chi connectivity index (χ3v) is 2.03. The summed E-state index contributed by atoms with van der Waals surface area (Å²) in [6.07, 6.45) is -4.38. The van der Waals surface area contributed by atoms with Crippen LogP contribution in [0.1, 0.15) is 0 Å². The van der Waals surface area contributed by atoms with Crippen LogP contribution in [0.25, 0.3) is 0 Å². The van der Waals surface area contributed by atoms with Gasteiger partial charge in [0.2, 0.25) is 0 Å². The fourth-order valence-electron chi connectivity index (χ4n) is 0.946. The van der Waals surface area contributed by atoms with Crippen molar-refractivity contribution in [1.29, 1.82) is 0 Å². The van der Waals surface area contributed by atoms with Crippen LogP contribution in [0.5, 0.6) is 0 Å². The van der Waals surface area contributed by atoms with Gasteiger partial charge in [0.15, 0.2) is 4.99 Å². The van der Waals surface area contributed by atoms with E-state index >= 15 is 0 Å². The highest BCUT2D eigenvalue weighted by atomic mass is 32.1. The smallest absolute Gasteiger partial charge is 0.378 e. The summed E-state index contributed by atoms with van der Waals surface area (Å²) in [5.41, 5.74) is 0. The largest absolute Gasteiger partial charge is 0.441 e. The Balaban J connectivity index is 2.51. The van der Waals surface area contributed by atoms with E-state index in [1.165, 1.54) is 0 Å². The number of nitrogens with zero attached hydrogens (tertiary/aromatic N) is 1. The molecule has 0 saturated carbocycles. The van der Waals surface area contributed by atoms with Gasteiger partial charge in [0.1, 0.15) is 0 Å². The molecule has 1 aliphatic heterocycles. The fraction of sp³-hybridized carbons (Fsp3) is 0.833. The third-order valence-electron chi connectivity index (χ3n) is 1.54. The van der Waals surface area contributed by atoms with Crippen LogP contribution in [0.3, 0.4) is 0 Å². The van der Waals surface area contributed by atoms with Gasteiger partial charge in [0.25, 0.3) is 0 Å². The van der Waals surface area contributed by atoms with E-state index in [4.69, 9.17) is 4.74 Å². The number of rotatable bonds is 0. The zero-order chi connectivity index (χ0) is 9.19. The van der Waals surface area contributed by atoms with Crippen molar-refractivity contribution >= 4 is 17.2 Å². The molecule has 0 radical (unpaired) electrons. The van der Waals surface area contributed by atoms with Crippen LogP contribution in [-0.4, -0.2) is 42.4 Å². The second-order valence-corrected chi connectivity index (χ2v) is 2.79. The van der Waals surface area contributed by atoms with E-state index in [0.717, 1.165) is 4.90 Å². The molecule has 0 aromatic rings. The average Bonchev–Trinajstić information content (AvgIpc) is 2.03. The predicted molar refractivity (Wildman–Crippen MR) is 41.0 cm³/mol. The maximum Gasteiger partial charge on any atom is 0.441 e. The molecule has 1 saturated heterocycles. The molecular weight excluding hydrogens is 191 g/mol. The van der Waals surface area contributed by atoms with Gasteiger partial charge in [-0.2, -0.15) is 13.2 Å². The highest BCUT2D eigenvalue weighted by Crippen LogP contribution is 2.20. The van der Waals surface area contributed by atoms with Crippen molar-refractivity contribution in [3.8, 4) is 0 Å². The SMILES string of the molecule is FC(F)(F)C(=S)N1CCOCC1. The third kappa shape index (κ3) is 2.31. The van der Waals surface area contributed by atoms with Crippen LogP contribution in [0.15, 0.2) is 0 Å².